The Kier molecular flexibility index (Phi) is 4.87. The summed E-state index contributed by atoms with van der Waals surface area (Å²) in [5.41, 5.74) is 0.541. The van der Waals surface area contributed by atoms with Crippen LogP contribution in [0.15, 0.2) is 40.9 Å². The Balaban J connectivity index is 1.66. The van der Waals surface area contributed by atoms with Gasteiger partial charge in [-0.05, 0) is 30.3 Å². The van der Waals surface area contributed by atoms with Crippen LogP contribution in [0.2, 0.25) is 5.02 Å². The van der Waals surface area contributed by atoms with E-state index in [1.54, 1.807) is 18.2 Å². The van der Waals surface area contributed by atoms with Gasteiger partial charge in [0.05, 0.1) is 21.8 Å². The monoisotopic (exact) mass is 424 g/mol. The standard InChI is InChI=1S/C17H11BrClFN2O3/c18-9-4-5-10-11(8-9)17(25)22(16(10)24)7-6-14(23)21-13-3-1-2-12(19)15(13)20/h1-5,8H,6-7H2,(H,21,23). The van der Waals surface area contributed by atoms with Gasteiger partial charge in [0, 0.05) is 17.4 Å². The summed E-state index contributed by atoms with van der Waals surface area (Å²) in [5, 5.41) is 2.27. The van der Waals surface area contributed by atoms with Crippen molar-refractivity contribution in [3.05, 3.63) is 62.8 Å². The molecule has 0 saturated carbocycles. The second kappa shape index (κ2) is 6.93. The Hall–Kier alpha value is -2.25. The SMILES string of the molecule is O=C(CCN1C(=O)c2ccc(Br)cc2C1=O)Nc1cccc(Cl)c1F. The summed E-state index contributed by atoms with van der Waals surface area (Å²) in [6.45, 7) is -0.0992. The van der Waals surface area contributed by atoms with Crippen LogP contribution in [0.5, 0.6) is 0 Å². The van der Waals surface area contributed by atoms with E-state index in [2.05, 4.69) is 21.2 Å². The highest BCUT2D eigenvalue weighted by molar-refractivity contribution is 9.10. The van der Waals surface area contributed by atoms with E-state index in [0.717, 1.165) is 4.90 Å². The third-order valence-electron chi connectivity index (χ3n) is 3.72. The molecular weight excluding hydrogens is 415 g/mol. The number of hydrogen-bond acceptors (Lipinski definition) is 3. The molecule has 8 heteroatoms. The lowest BCUT2D eigenvalue weighted by Gasteiger charge is -2.13. The smallest absolute Gasteiger partial charge is 0.261 e. The van der Waals surface area contributed by atoms with Gasteiger partial charge in [-0.15, -0.1) is 0 Å². The maximum atomic E-state index is 13.8. The summed E-state index contributed by atoms with van der Waals surface area (Å²) in [6.07, 6.45) is -0.154. The number of carbonyl (C=O) groups excluding carboxylic acids is 3. The van der Waals surface area contributed by atoms with E-state index < -0.39 is 23.5 Å². The Bertz CT molecular complexity index is 903. The maximum Gasteiger partial charge on any atom is 0.261 e. The molecule has 128 valence electrons. The predicted molar refractivity (Wildman–Crippen MR) is 94.2 cm³/mol. The highest BCUT2D eigenvalue weighted by atomic mass is 79.9. The molecular formula is C17H11BrClFN2O3. The zero-order chi connectivity index (χ0) is 18.1. The molecule has 2 aromatic rings. The van der Waals surface area contributed by atoms with E-state index in [4.69, 9.17) is 11.6 Å². The third-order valence-corrected chi connectivity index (χ3v) is 4.51. The highest BCUT2D eigenvalue weighted by Crippen LogP contribution is 2.26. The molecule has 5 nitrogen and oxygen atoms in total. The van der Waals surface area contributed by atoms with Crippen LogP contribution in [-0.2, 0) is 4.79 Å². The lowest BCUT2D eigenvalue weighted by molar-refractivity contribution is -0.116. The van der Waals surface area contributed by atoms with Crippen LogP contribution in [-0.4, -0.2) is 29.2 Å². The zero-order valence-electron chi connectivity index (χ0n) is 12.7. The predicted octanol–water partition coefficient (Wildman–Crippen LogP) is 3.87. The van der Waals surface area contributed by atoms with Crippen molar-refractivity contribution in [3.8, 4) is 0 Å². The first-order valence-electron chi connectivity index (χ1n) is 7.28. The molecule has 0 spiro atoms. The lowest BCUT2D eigenvalue weighted by Crippen LogP contribution is -2.33. The first-order valence-corrected chi connectivity index (χ1v) is 8.45. The summed E-state index contributed by atoms with van der Waals surface area (Å²) in [7, 11) is 0. The summed E-state index contributed by atoms with van der Waals surface area (Å²) in [4.78, 5) is 37.6. The topological polar surface area (TPSA) is 66.5 Å². The van der Waals surface area contributed by atoms with Crippen molar-refractivity contribution in [2.45, 2.75) is 6.42 Å². The van der Waals surface area contributed by atoms with Crippen LogP contribution in [0.1, 0.15) is 27.1 Å². The lowest BCUT2D eigenvalue weighted by atomic mass is 10.1. The normalized spacial score (nSPS) is 13.2. The number of nitrogens with zero attached hydrogens (tertiary/aromatic N) is 1. The van der Waals surface area contributed by atoms with Gasteiger partial charge in [-0.25, -0.2) is 4.39 Å². The molecule has 0 saturated heterocycles. The number of nitrogens with one attached hydrogen (secondary N) is 1. The van der Waals surface area contributed by atoms with Crippen molar-refractivity contribution < 1.29 is 18.8 Å². The molecule has 0 fully saturated rings. The molecule has 0 unspecified atom stereocenters. The molecule has 3 amide bonds. The van der Waals surface area contributed by atoms with E-state index in [1.807, 2.05) is 0 Å². The van der Waals surface area contributed by atoms with Crippen LogP contribution < -0.4 is 5.32 Å². The van der Waals surface area contributed by atoms with Gasteiger partial charge in [0.15, 0.2) is 5.82 Å². The minimum atomic E-state index is -0.733. The Morgan fingerprint density at radius 1 is 1.16 bits per heavy atom. The molecule has 0 aliphatic carbocycles. The van der Waals surface area contributed by atoms with Gasteiger partial charge >= 0.3 is 0 Å². The molecule has 3 rings (SSSR count). The maximum absolute atomic E-state index is 13.8. The van der Waals surface area contributed by atoms with Crippen molar-refractivity contribution in [1.82, 2.24) is 4.90 Å². The second-order valence-corrected chi connectivity index (χ2v) is 6.67. The molecule has 25 heavy (non-hydrogen) atoms. The van der Waals surface area contributed by atoms with Gasteiger partial charge < -0.3 is 5.32 Å². The van der Waals surface area contributed by atoms with E-state index in [0.29, 0.717) is 15.6 Å². The van der Waals surface area contributed by atoms with Crippen molar-refractivity contribution >= 4 is 50.9 Å². The number of amides is 3. The van der Waals surface area contributed by atoms with E-state index >= 15 is 0 Å². The number of anilines is 1. The molecule has 0 bridgehead atoms. The van der Waals surface area contributed by atoms with E-state index in [9.17, 15) is 18.8 Å². The molecule has 1 aliphatic heterocycles. The van der Waals surface area contributed by atoms with Gasteiger partial charge in [0.25, 0.3) is 11.8 Å². The third kappa shape index (κ3) is 3.43. The zero-order valence-corrected chi connectivity index (χ0v) is 15.0. The average molecular weight is 426 g/mol. The largest absolute Gasteiger partial charge is 0.323 e. The number of benzene rings is 2. The number of rotatable bonds is 4. The quantitative estimate of drug-likeness (QED) is 0.756. The van der Waals surface area contributed by atoms with Crippen molar-refractivity contribution in [2.75, 3.05) is 11.9 Å². The fourth-order valence-corrected chi connectivity index (χ4v) is 3.03. The first-order chi connectivity index (χ1) is 11.9. The average Bonchev–Trinajstić information content (AvgIpc) is 2.80. The summed E-state index contributed by atoms with van der Waals surface area (Å²) >= 11 is 8.90. The van der Waals surface area contributed by atoms with Gasteiger partial charge in [-0.3, -0.25) is 19.3 Å². The molecule has 1 N–H and O–H groups in total. The summed E-state index contributed by atoms with van der Waals surface area (Å²) < 4.78 is 14.5. The molecule has 1 heterocycles. The molecule has 1 aliphatic rings. The fourth-order valence-electron chi connectivity index (χ4n) is 2.49. The van der Waals surface area contributed by atoms with Gasteiger partial charge in [0.1, 0.15) is 0 Å². The molecule has 0 radical (unpaired) electrons. The Morgan fingerprint density at radius 3 is 2.64 bits per heavy atom. The van der Waals surface area contributed by atoms with Crippen LogP contribution >= 0.6 is 27.5 Å². The van der Waals surface area contributed by atoms with Gasteiger partial charge in [-0.2, -0.15) is 0 Å². The number of halogens is 3. The molecule has 2 aromatic carbocycles. The fraction of sp³-hybridized carbons (Fsp3) is 0.118. The van der Waals surface area contributed by atoms with Crippen LogP contribution in [0.4, 0.5) is 10.1 Å². The minimum Gasteiger partial charge on any atom is -0.323 e. The number of fused-ring (bicyclic) bond motifs is 1. The van der Waals surface area contributed by atoms with Crippen LogP contribution in [0.25, 0.3) is 0 Å². The van der Waals surface area contributed by atoms with Gasteiger partial charge in [0.2, 0.25) is 5.91 Å². The first kappa shape index (κ1) is 17.6. The number of carbonyl (C=O) groups is 3. The summed E-state index contributed by atoms with van der Waals surface area (Å²) in [6, 6.07) is 9.03. The minimum absolute atomic E-state index is 0.0520. The number of hydrogen-bond donors (Lipinski definition) is 1. The van der Waals surface area contributed by atoms with Crippen LogP contribution in [0, 0.1) is 5.82 Å². The Labute approximate surface area is 155 Å². The Morgan fingerprint density at radius 2 is 1.88 bits per heavy atom. The molecule has 0 atom stereocenters. The van der Waals surface area contributed by atoms with E-state index in [-0.39, 0.29) is 23.7 Å². The number of imide groups is 1. The summed E-state index contributed by atoms with van der Waals surface area (Å²) in [5.74, 6) is -2.17. The van der Waals surface area contributed by atoms with Gasteiger partial charge in [-0.1, -0.05) is 33.6 Å². The second-order valence-electron chi connectivity index (χ2n) is 5.35. The van der Waals surface area contributed by atoms with Crippen molar-refractivity contribution in [3.63, 3.8) is 0 Å². The van der Waals surface area contributed by atoms with Crippen LogP contribution in [0.3, 0.4) is 0 Å². The van der Waals surface area contributed by atoms with Crippen molar-refractivity contribution in [1.29, 1.82) is 0 Å². The van der Waals surface area contributed by atoms with Crippen molar-refractivity contribution in [2.24, 2.45) is 0 Å². The molecule has 0 aromatic heterocycles. The highest BCUT2D eigenvalue weighted by Gasteiger charge is 2.35. The van der Waals surface area contributed by atoms with E-state index in [1.165, 1.54) is 18.2 Å².